The van der Waals surface area contributed by atoms with Gasteiger partial charge in [0, 0.05) is 29.5 Å². The molecule has 1 fully saturated rings. The minimum absolute atomic E-state index is 0.0177. The van der Waals surface area contributed by atoms with Crippen molar-refractivity contribution in [2.24, 2.45) is 0 Å². The number of likely N-dealkylation sites (N-methyl/N-ethyl adjacent to an activating group) is 1. The number of carbonyl (C=O) groups excluding carboxylic acids is 1. The standard InChI is InChI=1S/C23H20F2N6O3/c1-10-22(32)30(2)9-16-17(27-21(31(10)16)11-6-7-11)12-4-3-5-15-13(12)8-14(19(24)25)18(26-15)20-28-23(33)34-29-20/h3-5,8,10-11,19H,6-7,9H2,1-2H3,(H,28,29,33)/t10-/m1/s1. The Morgan fingerprint density at radius 2 is 1.97 bits per heavy atom. The van der Waals surface area contributed by atoms with Gasteiger partial charge in [-0.2, -0.15) is 0 Å². The highest BCUT2D eigenvalue weighted by molar-refractivity contribution is 5.96. The third kappa shape index (κ3) is 3.06. The van der Waals surface area contributed by atoms with E-state index in [1.165, 1.54) is 6.07 Å². The summed E-state index contributed by atoms with van der Waals surface area (Å²) in [5.41, 5.74) is 2.15. The van der Waals surface area contributed by atoms with Crippen molar-refractivity contribution in [1.29, 1.82) is 0 Å². The number of benzene rings is 1. The van der Waals surface area contributed by atoms with E-state index in [4.69, 9.17) is 4.98 Å². The molecule has 1 saturated carbocycles. The molecule has 2 aliphatic rings. The van der Waals surface area contributed by atoms with Crippen LogP contribution >= 0.6 is 0 Å². The number of imidazole rings is 1. The number of hydrogen-bond donors (Lipinski definition) is 1. The summed E-state index contributed by atoms with van der Waals surface area (Å²) < 4.78 is 34.6. The lowest BCUT2D eigenvalue weighted by Gasteiger charge is -2.31. The van der Waals surface area contributed by atoms with Crippen LogP contribution in [0.1, 0.15) is 55.2 Å². The molecule has 0 bridgehead atoms. The molecule has 3 aromatic heterocycles. The number of aromatic nitrogens is 5. The highest BCUT2D eigenvalue weighted by atomic mass is 19.3. The van der Waals surface area contributed by atoms with Crippen molar-refractivity contribution in [3.8, 4) is 22.8 Å². The highest BCUT2D eigenvalue weighted by Crippen LogP contribution is 2.45. The van der Waals surface area contributed by atoms with Gasteiger partial charge in [-0.1, -0.05) is 17.3 Å². The van der Waals surface area contributed by atoms with Gasteiger partial charge >= 0.3 is 5.76 Å². The lowest BCUT2D eigenvalue weighted by molar-refractivity contribution is -0.135. The minimum atomic E-state index is -2.86. The van der Waals surface area contributed by atoms with E-state index >= 15 is 0 Å². The summed E-state index contributed by atoms with van der Waals surface area (Å²) in [5, 5.41) is 4.04. The Morgan fingerprint density at radius 3 is 2.65 bits per heavy atom. The van der Waals surface area contributed by atoms with E-state index < -0.39 is 12.2 Å². The second-order valence-corrected chi connectivity index (χ2v) is 8.82. The van der Waals surface area contributed by atoms with Crippen molar-refractivity contribution >= 4 is 16.8 Å². The molecule has 1 atom stereocenters. The Morgan fingerprint density at radius 1 is 1.18 bits per heavy atom. The van der Waals surface area contributed by atoms with Crippen LogP contribution in [0.4, 0.5) is 8.78 Å². The molecule has 4 aromatic rings. The van der Waals surface area contributed by atoms with Gasteiger partial charge in [-0.3, -0.25) is 14.3 Å². The molecule has 0 radical (unpaired) electrons. The molecule has 0 spiro atoms. The molecular formula is C23H20F2N6O3. The van der Waals surface area contributed by atoms with Crippen LogP contribution in [0.3, 0.4) is 0 Å². The number of nitrogens with zero attached hydrogens (tertiary/aromatic N) is 5. The molecule has 1 amide bonds. The van der Waals surface area contributed by atoms with Gasteiger partial charge in [0.1, 0.15) is 17.6 Å². The molecule has 11 heteroatoms. The molecule has 6 rings (SSSR count). The fourth-order valence-electron chi connectivity index (χ4n) is 4.75. The first kappa shape index (κ1) is 20.7. The van der Waals surface area contributed by atoms with E-state index in [1.54, 1.807) is 24.1 Å². The quantitative estimate of drug-likeness (QED) is 0.490. The van der Waals surface area contributed by atoms with Gasteiger partial charge in [0.25, 0.3) is 6.43 Å². The number of hydrogen-bond acceptors (Lipinski definition) is 6. The fourth-order valence-corrected chi connectivity index (χ4v) is 4.75. The molecule has 34 heavy (non-hydrogen) atoms. The normalized spacial score (nSPS) is 18.2. The van der Waals surface area contributed by atoms with Gasteiger partial charge in [0.2, 0.25) is 11.7 Å². The molecule has 1 aliphatic carbocycles. The first-order chi connectivity index (χ1) is 16.3. The number of halogens is 2. The Balaban J connectivity index is 1.60. The number of pyridine rings is 1. The van der Waals surface area contributed by atoms with E-state index in [0.29, 0.717) is 34.6 Å². The zero-order valence-corrected chi connectivity index (χ0v) is 18.4. The molecular weight excluding hydrogens is 446 g/mol. The van der Waals surface area contributed by atoms with Crippen molar-refractivity contribution < 1.29 is 18.1 Å². The molecule has 0 saturated heterocycles. The fraction of sp³-hybridized carbons (Fsp3) is 0.348. The Kier molecular flexibility index (Phi) is 4.45. The van der Waals surface area contributed by atoms with Crippen LogP contribution in [0.25, 0.3) is 33.7 Å². The van der Waals surface area contributed by atoms with Crippen LogP contribution in [0.15, 0.2) is 33.6 Å². The largest absolute Gasteiger partial charge is 0.439 e. The maximum atomic E-state index is 14.1. The van der Waals surface area contributed by atoms with Gasteiger partial charge in [-0.25, -0.2) is 23.5 Å². The SMILES string of the molecule is C[C@@H]1C(=O)N(C)Cc2c(-c3cccc4nc(-c5noc(=O)[nH]5)c(C(F)F)cc34)nc(C3CC3)n21. The number of amides is 1. The number of alkyl halides is 2. The van der Waals surface area contributed by atoms with Crippen LogP contribution in [0, 0.1) is 0 Å². The second kappa shape index (κ2) is 7.31. The first-order valence-electron chi connectivity index (χ1n) is 11.0. The summed E-state index contributed by atoms with van der Waals surface area (Å²) in [6.45, 7) is 2.24. The minimum Gasteiger partial charge on any atom is -0.338 e. The van der Waals surface area contributed by atoms with Gasteiger partial charge in [-0.15, -0.1) is 0 Å². The summed E-state index contributed by atoms with van der Waals surface area (Å²) in [5.74, 6) is 0.179. The maximum Gasteiger partial charge on any atom is 0.439 e. The third-order valence-electron chi connectivity index (χ3n) is 6.53. The van der Waals surface area contributed by atoms with Crippen LogP contribution < -0.4 is 5.76 Å². The zero-order chi connectivity index (χ0) is 23.7. The van der Waals surface area contributed by atoms with Crippen LogP contribution in [0.5, 0.6) is 0 Å². The Labute approximate surface area is 191 Å². The van der Waals surface area contributed by atoms with Crippen LogP contribution in [-0.2, 0) is 11.3 Å². The van der Waals surface area contributed by atoms with E-state index in [0.717, 1.165) is 24.4 Å². The lowest BCUT2D eigenvalue weighted by atomic mass is 10.00. The van der Waals surface area contributed by atoms with Crippen molar-refractivity contribution in [1.82, 2.24) is 29.6 Å². The summed E-state index contributed by atoms with van der Waals surface area (Å²) in [6.07, 6.45) is -0.835. The number of aromatic amines is 1. The number of nitrogens with one attached hydrogen (secondary N) is 1. The molecule has 174 valence electrons. The maximum absolute atomic E-state index is 14.1. The monoisotopic (exact) mass is 466 g/mol. The third-order valence-corrected chi connectivity index (χ3v) is 6.53. The molecule has 1 aliphatic heterocycles. The van der Waals surface area contributed by atoms with Gasteiger partial charge in [-0.05, 0) is 31.9 Å². The first-order valence-corrected chi connectivity index (χ1v) is 11.0. The van der Waals surface area contributed by atoms with E-state index in [1.807, 2.05) is 17.6 Å². The van der Waals surface area contributed by atoms with E-state index in [9.17, 15) is 18.4 Å². The zero-order valence-electron chi connectivity index (χ0n) is 18.4. The van der Waals surface area contributed by atoms with E-state index in [-0.39, 0.29) is 29.0 Å². The van der Waals surface area contributed by atoms with Gasteiger partial charge in [0.15, 0.2) is 0 Å². The van der Waals surface area contributed by atoms with Gasteiger partial charge in [0.05, 0.1) is 23.4 Å². The average molecular weight is 466 g/mol. The smallest absolute Gasteiger partial charge is 0.338 e. The highest BCUT2D eigenvalue weighted by Gasteiger charge is 2.38. The molecule has 1 aromatic carbocycles. The topological polar surface area (TPSA) is 110 Å². The number of H-pyrrole nitrogens is 1. The number of carbonyl (C=O) groups is 1. The van der Waals surface area contributed by atoms with E-state index in [2.05, 4.69) is 19.6 Å². The summed E-state index contributed by atoms with van der Waals surface area (Å²) in [6, 6.07) is 6.31. The second-order valence-electron chi connectivity index (χ2n) is 8.82. The summed E-state index contributed by atoms with van der Waals surface area (Å²) in [4.78, 5) is 37.4. The van der Waals surface area contributed by atoms with Crippen molar-refractivity contribution in [2.75, 3.05) is 7.05 Å². The van der Waals surface area contributed by atoms with Crippen molar-refractivity contribution in [3.63, 3.8) is 0 Å². The molecule has 9 nitrogen and oxygen atoms in total. The summed E-state index contributed by atoms with van der Waals surface area (Å²) >= 11 is 0. The Bertz CT molecular complexity index is 1520. The lowest BCUT2D eigenvalue weighted by Crippen LogP contribution is -2.39. The predicted octanol–water partition coefficient (Wildman–Crippen LogP) is 3.79. The number of rotatable bonds is 4. The van der Waals surface area contributed by atoms with Crippen LogP contribution in [-0.4, -0.2) is 42.5 Å². The Hall–Kier alpha value is -3.89. The molecule has 4 heterocycles. The van der Waals surface area contributed by atoms with Crippen LogP contribution in [0.2, 0.25) is 0 Å². The van der Waals surface area contributed by atoms with Gasteiger partial charge < -0.3 is 9.47 Å². The predicted molar refractivity (Wildman–Crippen MR) is 117 cm³/mol. The average Bonchev–Trinajstić information content (AvgIpc) is 3.46. The molecule has 0 unspecified atom stereocenters. The van der Waals surface area contributed by atoms with Crippen molar-refractivity contribution in [3.05, 3.63) is 51.9 Å². The molecule has 1 N–H and O–H groups in total. The van der Waals surface area contributed by atoms with Crippen molar-refractivity contribution in [2.45, 2.75) is 44.7 Å². The number of fused-ring (bicyclic) bond motifs is 2. The summed E-state index contributed by atoms with van der Waals surface area (Å²) in [7, 11) is 1.75.